The molecule has 0 atom stereocenters. The third kappa shape index (κ3) is 13.6. The Morgan fingerprint density at radius 1 is 0.682 bits per heavy atom. The van der Waals surface area contributed by atoms with Crippen molar-refractivity contribution in [3.05, 3.63) is 57.6 Å². The SMILES string of the molecule is Cc1cc(C)cc(Cl)c1.Sc1cc(S)cc(Cl)c1.[Cl][Al]([Cl])[Cl]. The first-order valence-corrected chi connectivity index (χ1v) is 12.8. The number of rotatable bonds is 0. The van der Waals surface area contributed by atoms with Crippen LogP contribution in [0, 0.1) is 13.8 Å². The van der Waals surface area contributed by atoms with E-state index in [-0.39, 0.29) is 0 Å². The molecular formula is C14H14AlCl5S2. The highest BCUT2D eigenvalue weighted by atomic mass is 35.8. The maximum atomic E-state index is 5.75. The maximum absolute atomic E-state index is 5.75. The minimum absolute atomic E-state index is 0.674. The van der Waals surface area contributed by atoms with Crippen LogP contribution in [-0.4, -0.2) is 11.4 Å². The molecule has 120 valence electrons. The van der Waals surface area contributed by atoms with Crippen molar-refractivity contribution in [3.63, 3.8) is 0 Å². The van der Waals surface area contributed by atoms with Gasteiger partial charge in [-0.2, -0.15) is 0 Å². The van der Waals surface area contributed by atoms with Gasteiger partial charge in [0.05, 0.1) is 0 Å². The molecular weight excluding hydrogens is 437 g/mol. The van der Waals surface area contributed by atoms with Gasteiger partial charge >= 0.3 is 11.4 Å². The lowest BCUT2D eigenvalue weighted by Gasteiger charge is -1.95. The topological polar surface area (TPSA) is 0 Å². The van der Waals surface area contributed by atoms with E-state index in [1.54, 1.807) is 12.1 Å². The Morgan fingerprint density at radius 2 is 1.00 bits per heavy atom. The van der Waals surface area contributed by atoms with E-state index in [1.165, 1.54) is 11.1 Å². The van der Waals surface area contributed by atoms with Crippen molar-refractivity contribution in [2.75, 3.05) is 0 Å². The van der Waals surface area contributed by atoms with Gasteiger partial charge in [0.25, 0.3) is 0 Å². The minimum atomic E-state index is -1.72. The predicted octanol–water partition coefficient (Wildman–Crippen LogP) is 7.56. The Kier molecular flexibility index (Phi) is 13.1. The third-order valence-corrected chi connectivity index (χ3v) is 3.01. The summed E-state index contributed by atoms with van der Waals surface area (Å²) in [5, 5.41) is 1.50. The minimum Gasteiger partial charge on any atom is -0.214 e. The first kappa shape index (κ1) is 23.1. The molecule has 0 fully saturated rings. The second-order valence-corrected chi connectivity index (χ2v) is 12.6. The monoisotopic (exact) mass is 448 g/mol. The van der Waals surface area contributed by atoms with Gasteiger partial charge in [-0.25, -0.2) is 30.1 Å². The van der Waals surface area contributed by atoms with E-state index >= 15 is 0 Å². The molecule has 0 aliphatic rings. The first-order valence-electron chi connectivity index (χ1n) is 5.94. The van der Waals surface area contributed by atoms with Gasteiger partial charge in [-0.15, -0.1) is 25.3 Å². The molecule has 0 aliphatic carbocycles. The second kappa shape index (κ2) is 12.5. The zero-order valence-electron chi connectivity index (χ0n) is 11.8. The van der Waals surface area contributed by atoms with E-state index in [2.05, 4.69) is 31.3 Å². The molecule has 0 saturated heterocycles. The lowest BCUT2D eigenvalue weighted by atomic mass is 10.2. The highest BCUT2D eigenvalue weighted by Gasteiger charge is 2.00. The quantitative estimate of drug-likeness (QED) is 0.300. The van der Waals surface area contributed by atoms with Crippen LogP contribution in [0.4, 0.5) is 0 Å². The van der Waals surface area contributed by atoms with Gasteiger partial charge in [0.2, 0.25) is 0 Å². The molecule has 0 spiro atoms. The molecule has 0 heterocycles. The van der Waals surface area contributed by atoms with Crippen molar-refractivity contribution in [3.8, 4) is 0 Å². The van der Waals surface area contributed by atoms with E-state index < -0.39 is 11.4 Å². The summed E-state index contributed by atoms with van der Waals surface area (Å²) in [6, 6.07) is 11.4. The summed E-state index contributed by atoms with van der Waals surface area (Å²) >= 11 is 17.9. The fourth-order valence-corrected chi connectivity index (χ4v) is 2.87. The Morgan fingerprint density at radius 3 is 1.27 bits per heavy atom. The highest BCUT2D eigenvalue weighted by Crippen LogP contribution is 2.19. The normalized spacial score (nSPS) is 9.14. The molecule has 0 N–H and O–H groups in total. The molecule has 8 heteroatoms. The number of thiol groups is 2. The van der Waals surface area contributed by atoms with E-state index in [4.69, 9.17) is 53.3 Å². The third-order valence-electron chi connectivity index (χ3n) is 2.05. The molecule has 0 aromatic heterocycles. The van der Waals surface area contributed by atoms with Crippen LogP contribution in [0.3, 0.4) is 0 Å². The molecule has 0 bridgehead atoms. The lowest BCUT2D eigenvalue weighted by Crippen LogP contribution is -1.74. The Hall–Kier alpha value is 1.12. The fourth-order valence-electron chi connectivity index (χ4n) is 1.48. The van der Waals surface area contributed by atoms with Crippen molar-refractivity contribution < 1.29 is 0 Å². The van der Waals surface area contributed by atoms with Crippen LogP contribution in [-0.2, 0) is 0 Å². The Balaban J connectivity index is 0.000000326. The van der Waals surface area contributed by atoms with Crippen LogP contribution < -0.4 is 0 Å². The molecule has 22 heavy (non-hydrogen) atoms. The molecule has 0 aliphatic heterocycles. The van der Waals surface area contributed by atoms with Crippen LogP contribution in [0.5, 0.6) is 0 Å². The van der Waals surface area contributed by atoms with Crippen LogP contribution in [0.2, 0.25) is 10.0 Å². The summed E-state index contributed by atoms with van der Waals surface area (Å²) in [5.74, 6) is 0. The molecule has 2 aromatic carbocycles. The van der Waals surface area contributed by atoms with Crippen molar-refractivity contribution >= 4 is 90.0 Å². The largest absolute Gasteiger partial charge is 0.643 e. The van der Waals surface area contributed by atoms with Crippen molar-refractivity contribution in [2.24, 2.45) is 0 Å². The van der Waals surface area contributed by atoms with Gasteiger partial charge in [-0.3, -0.25) is 0 Å². The van der Waals surface area contributed by atoms with Gasteiger partial charge in [-0.1, -0.05) is 29.3 Å². The predicted molar refractivity (Wildman–Crippen MR) is 110 cm³/mol. The average Bonchev–Trinajstić information content (AvgIpc) is 2.23. The summed E-state index contributed by atoms with van der Waals surface area (Å²) in [6.07, 6.45) is 0. The summed E-state index contributed by atoms with van der Waals surface area (Å²) in [5.41, 5.74) is 2.44. The number of hydrogen-bond acceptors (Lipinski definition) is 2. The fraction of sp³-hybridized carbons (Fsp3) is 0.143. The van der Waals surface area contributed by atoms with E-state index in [1.807, 2.05) is 32.0 Å². The number of hydrogen-bond donors (Lipinski definition) is 2. The van der Waals surface area contributed by atoms with Gasteiger partial charge in [0, 0.05) is 19.8 Å². The number of aryl methyl sites for hydroxylation is 2. The Labute approximate surface area is 169 Å². The standard InChI is InChI=1S/C8H9Cl.C6H5ClS2.Al.3ClH/c1-6-3-7(2)5-8(9)4-6;7-4-1-5(8)3-6(9)2-4;;;;/h3-5H,1-2H3;1-3,8-9H;;3*1H/q;;+3;;;/p-3. The van der Waals surface area contributed by atoms with E-state index in [9.17, 15) is 0 Å². The van der Waals surface area contributed by atoms with Gasteiger partial charge in [0.15, 0.2) is 0 Å². The second-order valence-electron chi connectivity index (χ2n) is 4.22. The van der Waals surface area contributed by atoms with Crippen LogP contribution in [0.1, 0.15) is 11.1 Å². The van der Waals surface area contributed by atoms with Crippen LogP contribution >= 0.6 is 78.6 Å². The summed E-state index contributed by atoms with van der Waals surface area (Å²) in [7, 11) is 14.8. The molecule has 2 aromatic rings. The average molecular weight is 451 g/mol. The number of halogens is 5. The highest BCUT2D eigenvalue weighted by molar-refractivity contribution is 7.81. The zero-order chi connectivity index (χ0) is 17.3. The van der Waals surface area contributed by atoms with E-state index in [0.29, 0.717) is 5.02 Å². The Bertz CT molecular complexity index is 440. The summed E-state index contributed by atoms with van der Waals surface area (Å²) in [6.45, 7) is 4.08. The van der Waals surface area contributed by atoms with E-state index in [0.717, 1.165) is 14.8 Å². The molecule has 0 nitrogen and oxygen atoms in total. The number of benzene rings is 2. The zero-order valence-corrected chi connectivity index (χ0v) is 18.5. The lowest BCUT2D eigenvalue weighted by molar-refractivity contribution is 1.35. The molecule has 0 radical (unpaired) electrons. The first-order chi connectivity index (χ1) is 10.1. The van der Waals surface area contributed by atoms with Crippen molar-refractivity contribution in [1.29, 1.82) is 0 Å². The molecule has 0 saturated carbocycles. The van der Waals surface area contributed by atoms with Crippen LogP contribution in [0.15, 0.2) is 46.2 Å². The van der Waals surface area contributed by atoms with Gasteiger partial charge < -0.3 is 0 Å². The van der Waals surface area contributed by atoms with Gasteiger partial charge in [-0.05, 0) is 55.3 Å². The summed E-state index contributed by atoms with van der Waals surface area (Å²) < 4.78 is 0. The summed E-state index contributed by atoms with van der Waals surface area (Å²) in [4.78, 5) is 1.68. The van der Waals surface area contributed by atoms with Crippen LogP contribution in [0.25, 0.3) is 0 Å². The molecule has 0 amide bonds. The molecule has 2 rings (SSSR count). The van der Waals surface area contributed by atoms with Crippen molar-refractivity contribution in [2.45, 2.75) is 23.6 Å². The van der Waals surface area contributed by atoms with Gasteiger partial charge in [0.1, 0.15) is 0 Å². The van der Waals surface area contributed by atoms with Crippen molar-refractivity contribution in [1.82, 2.24) is 0 Å². The maximum Gasteiger partial charge on any atom is 0.643 e. The molecule has 0 unspecified atom stereocenters. The smallest absolute Gasteiger partial charge is 0.214 e.